The van der Waals surface area contributed by atoms with Crippen molar-refractivity contribution >= 4 is 10.9 Å². The molecular weight excluding hydrogens is 260 g/mol. The highest BCUT2D eigenvalue weighted by Crippen LogP contribution is 2.37. The van der Waals surface area contributed by atoms with Crippen LogP contribution in [0.2, 0.25) is 0 Å². The van der Waals surface area contributed by atoms with Crippen molar-refractivity contribution in [1.82, 2.24) is 10.5 Å². The lowest BCUT2D eigenvalue weighted by molar-refractivity contribution is 0.0263. The van der Waals surface area contributed by atoms with E-state index in [0.29, 0.717) is 0 Å². The maximum Gasteiger partial charge on any atom is 0.108 e. The van der Waals surface area contributed by atoms with Crippen molar-refractivity contribution in [2.45, 2.75) is 25.5 Å². The van der Waals surface area contributed by atoms with E-state index in [1.54, 1.807) is 0 Å². The van der Waals surface area contributed by atoms with E-state index in [1.807, 2.05) is 6.07 Å². The van der Waals surface area contributed by atoms with Crippen LogP contribution in [-0.4, -0.2) is 4.98 Å². The van der Waals surface area contributed by atoms with Crippen molar-refractivity contribution in [3.8, 4) is 0 Å². The second kappa shape index (κ2) is 5.02. The number of hydroxylamine groups is 1. The zero-order chi connectivity index (χ0) is 14.2. The number of benzene rings is 2. The number of para-hydroxylation sites is 1. The molecule has 2 aromatic carbocycles. The highest BCUT2D eigenvalue weighted by atomic mass is 16.7. The van der Waals surface area contributed by atoms with E-state index in [-0.39, 0.29) is 12.1 Å². The van der Waals surface area contributed by atoms with Crippen LogP contribution in [0.1, 0.15) is 35.3 Å². The smallest absolute Gasteiger partial charge is 0.108 e. The summed E-state index contributed by atoms with van der Waals surface area (Å²) in [5.74, 6) is 0. The number of hydrogen-bond donors (Lipinski definition) is 2. The van der Waals surface area contributed by atoms with E-state index >= 15 is 0 Å². The molecule has 106 valence electrons. The molecule has 1 aromatic heterocycles. The number of rotatable bonds is 2. The van der Waals surface area contributed by atoms with E-state index < -0.39 is 0 Å². The lowest BCUT2D eigenvalue weighted by Crippen LogP contribution is -2.11. The van der Waals surface area contributed by atoms with Gasteiger partial charge in [0.1, 0.15) is 6.10 Å². The quantitative estimate of drug-likeness (QED) is 0.737. The van der Waals surface area contributed by atoms with Crippen molar-refractivity contribution in [2.24, 2.45) is 0 Å². The molecule has 0 spiro atoms. The standard InChI is InChI=1S/C18H18N2O/c1-12-6-8-13(9-7-12)17-10-18(21-20-17)15-11-19-16-5-3-2-4-14(15)16/h2-9,11,17-20H,10H2,1H3. The lowest BCUT2D eigenvalue weighted by atomic mass is 9.98. The number of aromatic amines is 1. The largest absolute Gasteiger partial charge is 0.361 e. The van der Waals surface area contributed by atoms with Crippen LogP contribution in [-0.2, 0) is 4.84 Å². The fourth-order valence-corrected chi connectivity index (χ4v) is 3.03. The molecule has 2 heterocycles. The summed E-state index contributed by atoms with van der Waals surface area (Å²) < 4.78 is 0. The van der Waals surface area contributed by atoms with Crippen molar-refractivity contribution in [1.29, 1.82) is 0 Å². The van der Waals surface area contributed by atoms with Crippen LogP contribution in [0.4, 0.5) is 0 Å². The van der Waals surface area contributed by atoms with Crippen LogP contribution in [0, 0.1) is 6.92 Å². The number of fused-ring (bicyclic) bond motifs is 1. The normalized spacial score (nSPS) is 22.0. The first-order valence-corrected chi connectivity index (χ1v) is 7.35. The predicted octanol–water partition coefficient (Wildman–Crippen LogP) is 4.18. The molecule has 3 nitrogen and oxygen atoms in total. The zero-order valence-corrected chi connectivity index (χ0v) is 12.0. The first kappa shape index (κ1) is 12.6. The average molecular weight is 278 g/mol. The summed E-state index contributed by atoms with van der Waals surface area (Å²) in [4.78, 5) is 9.15. The van der Waals surface area contributed by atoms with E-state index in [4.69, 9.17) is 4.84 Å². The Hall–Kier alpha value is -2.10. The van der Waals surface area contributed by atoms with Crippen LogP contribution >= 0.6 is 0 Å². The van der Waals surface area contributed by atoms with Gasteiger partial charge in [0.15, 0.2) is 0 Å². The SMILES string of the molecule is Cc1ccc(C2CC(c3c[nH]c4ccccc34)ON2)cc1. The Morgan fingerprint density at radius 3 is 2.71 bits per heavy atom. The van der Waals surface area contributed by atoms with Crippen LogP contribution in [0.3, 0.4) is 0 Å². The Bertz CT molecular complexity index is 760. The van der Waals surface area contributed by atoms with Gasteiger partial charge in [-0.25, -0.2) is 0 Å². The third kappa shape index (κ3) is 2.24. The molecule has 21 heavy (non-hydrogen) atoms. The number of nitrogens with one attached hydrogen (secondary N) is 2. The summed E-state index contributed by atoms with van der Waals surface area (Å²) in [6, 6.07) is 17.3. The van der Waals surface area contributed by atoms with Gasteiger partial charge in [-0.1, -0.05) is 48.0 Å². The Balaban J connectivity index is 1.60. The minimum Gasteiger partial charge on any atom is -0.361 e. The molecule has 0 saturated carbocycles. The topological polar surface area (TPSA) is 37.0 Å². The van der Waals surface area contributed by atoms with Gasteiger partial charge in [0.25, 0.3) is 0 Å². The third-order valence-corrected chi connectivity index (χ3v) is 4.25. The molecule has 3 aromatic rings. The van der Waals surface area contributed by atoms with E-state index in [2.05, 4.69) is 66.0 Å². The van der Waals surface area contributed by atoms with Crippen LogP contribution in [0.5, 0.6) is 0 Å². The summed E-state index contributed by atoms with van der Waals surface area (Å²) in [6.07, 6.45) is 3.10. The van der Waals surface area contributed by atoms with E-state index in [9.17, 15) is 0 Å². The zero-order valence-electron chi connectivity index (χ0n) is 12.0. The van der Waals surface area contributed by atoms with Gasteiger partial charge in [0.05, 0.1) is 6.04 Å². The van der Waals surface area contributed by atoms with Gasteiger partial charge in [-0.2, -0.15) is 5.48 Å². The monoisotopic (exact) mass is 278 g/mol. The molecule has 1 fully saturated rings. The third-order valence-electron chi connectivity index (χ3n) is 4.25. The van der Waals surface area contributed by atoms with Gasteiger partial charge < -0.3 is 4.98 Å². The van der Waals surface area contributed by atoms with Gasteiger partial charge in [0, 0.05) is 29.1 Å². The molecule has 0 aliphatic carbocycles. The van der Waals surface area contributed by atoms with Gasteiger partial charge in [0.2, 0.25) is 0 Å². The van der Waals surface area contributed by atoms with Gasteiger partial charge in [-0.05, 0) is 18.6 Å². The Kier molecular flexibility index (Phi) is 3.02. The summed E-state index contributed by atoms with van der Waals surface area (Å²) in [6.45, 7) is 2.11. The van der Waals surface area contributed by atoms with Crippen LogP contribution in [0.15, 0.2) is 54.7 Å². The van der Waals surface area contributed by atoms with Gasteiger partial charge in [-0.15, -0.1) is 0 Å². The van der Waals surface area contributed by atoms with Crippen molar-refractivity contribution < 1.29 is 4.84 Å². The lowest BCUT2D eigenvalue weighted by Gasteiger charge is -2.08. The van der Waals surface area contributed by atoms with E-state index in [0.717, 1.165) is 11.9 Å². The molecule has 1 aliphatic heterocycles. The summed E-state index contributed by atoms with van der Waals surface area (Å²) in [5, 5.41) is 1.24. The summed E-state index contributed by atoms with van der Waals surface area (Å²) >= 11 is 0. The highest BCUT2D eigenvalue weighted by molar-refractivity contribution is 5.83. The molecular formula is C18H18N2O. The Morgan fingerprint density at radius 1 is 1.05 bits per heavy atom. The maximum atomic E-state index is 5.83. The molecule has 2 unspecified atom stereocenters. The molecule has 3 heteroatoms. The van der Waals surface area contributed by atoms with Gasteiger partial charge in [-0.3, -0.25) is 4.84 Å². The van der Waals surface area contributed by atoms with Crippen molar-refractivity contribution in [3.05, 3.63) is 71.4 Å². The molecule has 1 aliphatic rings. The molecule has 1 saturated heterocycles. The van der Waals surface area contributed by atoms with Gasteiger partial charge >= 0.3 is 0 Å². The number of aromatic nitrogens is 1. The van der Waals surface area contributed by atoms with Crippen LogP contribution in [0.25, 0.3) is 10.9 Å². The first-order valence-electron chi connectivity index (χ1n) is 7.35. The Morgan fingerprint density at radius 2 is 1.86 bits per heavy atom. The number of aryl methyl sites for hydroxylation is 1. The van der Waals surface area contributed by atoms with Crippen molar-refractivity contribution in [2.75, 3.05) is 0 Å². The molecule has 2 N–H and O–H groups in total. The van der Waals surface area contributed by atoms with E-state index in [1.165, 1.54) is 22.1 Å². The number of H-pyrrole nitrogens is 1. The fourth-order valence-electron chi connectivity index (χ4n) is 3.03. The number of hydrogen-bond acceptors (Lipinski definition) is 2. The molecule has 0 amide bonds. The minimum absolute atomic E-state index is 0.0902. The summed E-state index contributed by atoms with van der Waals surface area (Å²) in [7, 11) is 0. The molecule has 2 atom stereocenters. The molecule has 0 radical (unpaired) electrons. The second-order valence-electron chi connectivity index (χ2n) is 5.71. The van der Waals surface area contributed by atoms with Crippen molar-refractivity contribution in [3.63, 3.8) is 0 Å². The second-order valence-corrected chi connectivity index (χ2v) is 5.71. The molecule has 0 bridgehead atoms. The average Bonchev–Trinajstić information content (AvgIpc) is 3.14. The Labute approximate surface area is 123 Å². The fraction of sp³-hybridized carbons (Fsp3) is 0.222. The first-order chi connectivity index (χ1) is 10.3. The predicted molar refractivity (Wildman–Crippen MR) is 83.8 cm³/mol. The summed E-state index contributed by atoms with van der Waals surface area (Å²) in [5.41, 5.74) is 8.14. The molecule has 4 rings (SSSR count). The minimum atomic E-state index is 0.0902. The maximum absolute atomic E-state index is 5.83. The highest BCUT2D eigenvalue weighted by Gasteiger charge is 2.29. The van der Waals surface area contributed by atoms with Crippen LogP contribution < -0.4 is 5.48 Å².